The number of aromatic nitrogens is 3. The van der Waals surface area contributed by atoms with E-state index >= 15 is 0 Å². The highest BCUT2D eigenvalue weighted by Crippen LogP contribution is 2.34. The van der Waals surface area contributed by atoms with Crippen LogP contribution < -0.4 is 5.32 Å². The molecule has 1 aromatic heterocycles. The molecule has 0 aliphatic carbocycles. The Balaban J connectivity index is 2.06. The summed E-state index contributed by atoms with van der Waals surface area (Å²) in [6.45, 7) is 4.48. The number of amides is 1. The minimum atomic E-state index is -0.612. The lowest BCUT2D eigenvalue weighted by Crippen LogP contribution is -2.15. The molecule has 11 heteroatoms. The van der Waals surface area contributed by atoms with Crippen LogP contribution in [0.5, 0.6) is 0 Å². The predicted molar refractivity (Wildman–Crippen MR) is 92.9 cm³/mol. The minimum absolute atomic E-state index is 0.000111. The molecule has 0 aliphatic heterocycles. The average molecular weight is 390 g/mol. The Kier molecular flexibility index (Phi) is 6.03. The van der Waals surface area contributed by atoms with Gasteiger partial charge in [-0.15, -0.1) is 10.2 Å². The van der Waals surface area contributed by atoms with E-state index < -0.39 is 4.92 Å². The highest BCUT2D eigenvalue weighted by molar-refractivity contribution is 7.99. The first-order chi connectivity index (χ1) is 11.3. The molecule has 0 unspecified atom stereocenters. The number of carbonyl (C=O) groups excluding carboxylic acids is 1. The van der Waals surface area contributed by atoms with Gasteiger partial charge in [0.2, 0.25) is 5.91 Å². The van der Waals surface area contributed by atoms with Gasteiger partial charge in [0.25, 0.3) is 5.69 Å². The van der Waals surface area contributed by atoms with Gasteiger partial charge >= 0.3 is 0 Å². The van der Waals surface area contributed by atoms with Gasteiger partial charge in [-0.2, -0.15) is 0 Å². The number of hydrogen-bond donors (Lipinski definition) is 1. The summed E-state index contributed by atoms with van der Waals surface area (Å²) in [5, 5.41) is 21.9. The number of thioether (sulfide) groups is 1. The summed E-state index contributed by atoms with van der Waals surface area (Å²) in [5.74, 6) is 0.477. The van der Waals surface area contributed by atoms with Crippen LogP contribution in [-0.4, -0.2) is 31.3 Å². The summed E-state index contributed by atoms with van der Waals surface area (Å²) in [6, 6.07) is 2.26. The second kappa shape index (κ2) is 7.82. The number of benzene rings is 1. The fourth-order valence-electron chi connectivity index (χ4n) is 1.92. The lowest BCUT2D eigenvalue weighted by Gasteiger charge is -2.09. The number of aryl methyl sites for hydroxylation is 1. The maximum absolute atomic E-state index is 12.1. The van der Waals surface area contributed by atoms with Crippen LogP contribution in [0.1, 0.15) is 12.7 Å². The molecule has 0 bridgehead atoms. The van der Waals surface area contributed by atoms with Crippen LogP contribution in [0.4, 0.5) is 11.4 Å². The van der Waals surface area contributed by atoms with Crippen LogP contribution in [-0.2, 0) is 11.3 Å². The lowest BCUT2D eigenvalue weighted by atomic mass is 10.3. The SMILES string of the molecule is CCn1c(C)nnc1SCC(=O)Nc1c(Cl)cc([N+](=O)[O-])cc1Cl. The topological polar surface area (TPSA) is 103 Å². The Labute approximate surface area is 151 Å². The average Bonchev–Trinajstić information content (AvgIpc) is 2.88. The number of nitro benzene ring substituents is 1. The van der Waals surface area contributed by atoms with E-state index in [9.17, 15) is 14.9 Å². The Morgan fingerprint density at radius 1 is 1.38 bits per heavy atom. The summed E-state index contributed by atoms with van der Waals surface area (Å²) < 4.78 is 1.88. The molecule has 24 heavy (non-hydrogen) atoms. The molecule has 2 rings (SSSR count). The van der Waals surface area contributed by atoms with Crippen LogP contribution in [0, 0.1) is 17.0 Å². The molecule has 0 fully saturated rings. The van der Waals surface area contributed by atoms with Crippen LogP contribution >= 0.6 is 35.0 Å². The summed E-state index contributed by atoms with van der Waals surface area (Å²) in [5.41, 5.74) is -0.105. The van der Waals surface area contributed by atoms with Crippen molar-refractivity contribution in [3.63, 3.8) is 0 Å². The first-order valence-corrected chi connectivity index (χ1v) is 8.53. The van der Waals surface area contributed by atoms with Gasteiger partial charge in [-0.25, -0.2) is 0 Å². The van der Waals surface area contributed by atoms with Gasteiger partial charge in [-0.3, -0.25) is 14.9 Å². The number of anilines is 1. The molecule has 1 amide bonds. The molecule has 128 valence electrons. The van der Waals surface area contributed by atoms with Gasteiger partial charge in [0.1, 0.15) is 5.82 Å². The van der Waals surface area contributed by atoms with Crippen molar-refractivity contribution in [2.24, 2.45) is 0 Å². The van der Waals surface area contributed by atoms with Gasteiger partial charge in [-0.1, -0.05) is 35.0 Å². The van der Waals surface area contributed by atoms with Crippen molar-refractivity contribution in [2.75, 3.05) is 11.1 Å². The van der Waals surface area contributed by atoms with Gasteiger partial charge in [0, 0.05) is 18.7 Å². The molecule has 0 radical (unpaired) electrons. The maximum Gasteiger partial charge on any atom is 0.272 e. The molecule has 0 atom stereocenters. The first kappa shape index (κ1) is 18.5. The monoisotopic (exact) mass is 389 g/mol. The molecule has 0 spiro atoms. The maximum atomic E-state index is 12.1. The van der Waals surface area contributed by atoms with Crippen molar-refractivity contribution in [1.82, 2.24) is 14.8 Å². The fraction of sp³-hybridized carbons (Fsp3) is 0.308. The van der Waals surface area contributed by atoms with Gasteiger partial charge in [-0.05, 0) is 13.8 Å². The van der Waals surface area contributed by atoms with Crippen LogP contribution in [0.25, 0.3) is 0 Å². The molecule has 1 N–H and O–H groups in total. The normalized spacial score (nSPS) is 10.7. The summed E-state index contributed by atoms with van der Waals surface area (Å²) in [7, 11) is 0. The van der Waals surface area contributed by atoms with Crippen molar-refractivity contribution < 1.29 is 9.72 Å². The number of nitrogens with one attached hydrogen (secondary N) is 1. The van der Waals surface area contributed by atoms with E-state index in [2.05, 4.69) is 15.5 Å². The Bertz CT molecular complexity index is 773. The van der Waals surface area contributed by atoms with Crippen LogP contribution in [0.2, 0.25) is 10.0 Å². The number of nitrogens with zero attached hydrogens (tertiary/aromatic N) is 4. The second-order valence-electron chi connectivity index (χ2n) is 4.65. The lowest BCUT2D eigenvalue weighted by molar-refractivity contribution is -0.384. The molecule has 2 aromatic rings. The molecular formula is C13H13Cl2N5O3S. The third-order valence-corrected chi connectivity index (χ3v) is 4.62. The highest BCUT2D eigenvalue weighted by Gasteiger charge is 2.17. The van der Waals surface area contributed by atoms with Gasteiger partial charge in [0.05, 0.1) is 26.4 Å². The summed E-state index contributed by atoms with van der Waals surface area (Å²) in [4.78, 5) is 22.2. The molecule has 0 aliphatic rings. The molecular weight excluding hydrogens is 377 g/mol. The fourth-order valence-corrected chi connectivity index (χ4v) is 3.34. The van der Waals surface area contributed by atoms with E-state index in [1.807, 2.05) is 18.4 Å². The molecule has 0 saturated heterocycles. The predicted octanol–water partition coefficient (Wildman–Crippen LogP) is 3.55. The third kappa shape index (κ3) is 4.16. The zero-order valence-electron chi connectivity index (χ0n) is 12.7. The number of halogens is 2. The van der Waals surface area contributed by atoms with E-state index in [4.69, 9.17) is 23.2 Å². The summed E-state index contributed by atoms with van der Waals surface area (Å²) >= 11 is 13.1. The van der Waals surface area contributed by atoms with E-state index in [0.29, 0.717) is 11.7 Å². The highest BCUT2D eigenvalue weighted by atomic mass is 35.5. The molecule has 1 aromatic carbocycles. The Hall–Kier alpha value is -1.84. The van der Waals surface area contributed by atoms with E-state index in [1.165, 1.54) is 11.8 Å². The van der Waals surface area contributed by atoms with Crippen molar-refractivity contribution in [2.45, 2.75) is 25.5 Å². The zero-order valence-corrected chi connectivity index (χ0v) is 15.1. The number of hydrogen-bond acceptors (Lipinski definition) is 6. The number of rotatable bonds is 6. The van der Waals surface area contributed by atoms with Crippen LogP contribution in [0.15, 0.2) is 17.3 Å². The van der Waals surface area contributed by atoms with Gasteiger partial charge < -0.3 is 9.88 Å². The summed E-state index contributed by atoms with van der Waals surface area (Å²) in [6.07, 6.45) is 0. The van der Waals surface area contributed by atoms with Crippen molar-refractivity contribution in [3.05, 3.63) is 38.1 Å². The van der Waals surface area contributed by atoms with Crippen molar-refractivity contribution in [1.29, 1.82) is 0 Å². The van der Waals surface area contributed by atoms with E-state index in [-0.39, 0.29) is 33.1 Å². The number of nitro groups is 1. The van der Waals surface area contributed by atoms with Gasteiger partial charge in [0.15, 0.2) is 5.16 Å². The van der Waals surface area contributed by atoms with Crippen LogP contribution in [0.3, 0.4) is 0 Å². The molecule has 8 nitrogen and oxygen atoms in total. The van der Waals surface area contributed by atoms with Crippen molar-refractivity contribution in [3.8, 4) is 0 Å². The Morgan fingerprint density at radius 3 is 2.54 bits per heavy atom. The van der Waals surface area contributed by atoms with E-state index in [0.717, 1.165) is 18.0 Å². The Morgan fingerprint density at radius 2 is 2.00 bits per heavy atom. The number of non-ortho nitro benzene ring substituents is 1. The third-order valence-electron chi connectivity index (χ3n) is 3.05. The molecule has 1 heterocycles. The first-order valence-electron chi connectivity index (χ1n) is 6.79. The molecule has 0 saturated carbocycles. The largest absolute Gasteiger partial charge is 0.323 e. The smallest absolute Gasteiger partial charge is 0.272 e. The minimum Gasteiger partial charge on any atom is -0.323 e. The van der Waals surface area contributed by atoms with Crippen molar-refractivity contribution >= 4 is 52.2 Å². The zero-order chi connectivity index (χ0) is 17.9. The standard InChI is InChI=1S/C13H13Cl2N5O3S/c1-3-19-7(2)17-18-13(19)24-6-11(21)16-12-9(14)4-8(20(22)23)5-10(12)15/h4-5H,3,6H2,1-2H3,(H,16,21). The second-order valence-corrected chi connectivity index (χ2v) is 6.41. The quantitative estimate of drug-likeness (QED) is 0.460. The number of carbonyl (C=O) groups is 1. The van der Waals surface area contributed by atoms with E-state index in [1.54, 1.807) is 0 Å².